The van der Waals surface area contributed by atoms with Gasteiger partial charge in [-0.05, 0) is 19.1 Å². The zero-order valence-electron chi connectivity index (χ0n) is 6.01. The van der Waals surface area contributed by atoms with Gasteiger partial charge in [-0.2, -0.15) is 13.8 Å². The zero-order valence-corrected chi connectivity index (χ0v) is 6.01. The van der Waals surface area contributed by atoms with Gasteiger partial charge in [0.1, 0.15) is 0 Å². The first-order chi connectivity index (χ1) is 5.11. The van der Waals surface area contributed by atoms with Crippen LogP contribution in [0.3, 0.4) is 0 Å². The van der Waals surface area contributed by atoms with Crippen LogP contribution in [0.5, 0.6) is 0 Å². The summed E-state index contributed by atoms with van der Waals surface area (Å²) >= 11 is 0. The summed E-state index contributed by atoms with van der Waals surface area (Å²) in [5.74, 6) is -1.66. The van der Waals surface area contributed by atoms with Crippen molar-refractivity contribution in [2.45, 2.75) is 13.0 Å². The molecule has 1 aromatic rings. The van der Waals surface area contributed by atoms with Crippen molar-refractivity contribution in [2.75, 3.05) is 0 Å². The highest BCUT2D eigenvalue weighted by Crippen LogP contribution is 2.12. The fraction of sp³-hybridized carbons (Fsp3) is 0.286. The molecule has 1 heterocycles. The van der Waals surface area contributed by atoms with E-state index in [1.54, 1.807) is 6.92 Å². The van der Waals surface area contributed by atoms with Gasteiger partial charge in [0.05, 0.1) is 0 Å². The Hall–Kier alpha value is -1.03. The first kappa shape index (κ1) is 8.07. The van der Waals surface area contributed by atoms with Crippen molar-refractivity contribution >= 4 is 0 Å². The van der Waals surface area contributed by atoms with Crippen molar-refractivity contribution in [1.29, 1.82) is 0 Å². The van der Waals surface area contributed by atoms with E-state index in [2.05, 4.69) is 4.98 Å². The molecule has 1 aromatic heterocycles. The second kappa shape index (κ2) is 2.92. The second-order valence-electron chi connectivity index (χ2n) is 2.30. The average Bonchev–Trinajstić information content (AvgIpc) is 1.85. The Morgan fingerprint density at radius 1 is 1.45 bits per heavy atom. The summed E-state index contributed by atoms with van der Waals surface area (Å²) in [6.45, 7) is 1.61. The average molecular weight is 158 g/mol. The summed E-state index contributed by atoms with van der Waals surface area (Å²) in [6, 6.07) is 1.92. The minimum Gasteiger partial charge on any atom is -0.324 e. The molecule has 1 atom stereocenters. The van der Waals surface area contributed by atoms with Crippen LogP contribution in [0.15, 0.2) is 12.1 Å². The lowest BCUT2D eigenvalue weighted by Crippen LogP contribution is -2.08. The molecule has 0 saturated heterocycles. The number of aromatic nitrogens is 1. The molecule has 0 fully saturated rings. The molecule has 0 aromatic carbocycles. The minimum atomic E-state index is -0.833. The summed E-state index contributed by atoms with van der Waals surface area (Å²) in [7, 11) is 0. The van der Waals surface area contributed by atoms with Crippen molar-refractivity contribution in [1.82, 2.24) is 4.98 Å². The first-order valence-electron chi connectivity index (χ1n) is 3.19. The molecule has 11 heavy (non-hydrogen) atoms. The lowest BCUT2D eigenvalue weighted by Gasteiger charge is -2.04. The molecule has 4 heteroatoms. The monoisotopic (exact) mass is 158 g/mol. The second-order valence-corrected chi connectivity index (χ2v) is 2.30. The highest BCUT2D eigenvalue weighted by atomic mass is 19.1. The summed E-state index contributed by atoms with van der Waals surface area (Å²) < 4.78 is 24.9. The van der Waals surface area contributed by atoms with Crippen molar-refractivity contribution < 1.29 is 8.78 Å². The van der Waals surface area contributed by atoms with E-state index in [-0.39, 0.29) is 5.56 Å². The van der Waals surface area contributed by atoms with Crippen LogP contribution in [0, 0.1) is 11.9 Å². The fourth-order valence-corrected chi connectivity index (χ4v) is 0.763. The number of pyridine rings is 1. The van der Waals surface area contributed by atoms with Crippen LogP contribution in [0.2, 0.25) is 0 Å². The molecule has 1 unspecified atom stereocenters. The molecule has 60 valence electrons. The quantitative estimate of drug-likeness (QED) is 0.627. The van der Waals surface area contributed by atoms with Crippen LogP contribution in [0.4, 0.5) is 8.78 Å². The molecular weight excluding hydrogens is 150 g/mol. The van der Waals surface area contributed by atoms with Crippen LogP contribution in [-0.2, 0) is 0 Å². The van der Waals surface area contributed by atoms with Crippen molar-refractivity contribution in [2.24, 2.45) is 5.73 Å². The van der Waals surface area contributed by atoms with E-state index in [9.17, 15) is 8.78 Å². The maximum atomic E-state index is 12.7. The Morgan fingerprint density at radius 2 is 2.09 bits per heavy atom. The van der Waals surface area contributed by atoms with Gasteiger partial charge < -0.3 is 5.73 Å². The van der Waals surface area contributed by atoms with E-state index in [4.69, 9.17) is 5.73 Å². The Morgan fingerprint density at radius 3 is 2.55 bits per heavy atom. The van der Waals surface area contributed by atoms with Crippen LogP contribution in [0.25, 0.3) is 0 Å². The molecule has 0 saturated carbocycles. The standard InChI is InChI=1S/C7H8F2N2/c1-4(10)5-2-3-6(8)11-7(5)9/h2-4H,10H2,1H3. The molecule has 0 radical (unpaired) electrons. The normalized spacial score (nSPS) is 13.1. The Labute approximate surface area is 63.1 Å². The van der Waals surface area contributed by atoms with Crippen LogP contribution in [-0.4, -0.2) is 4.98 Å². The third-order valence-electron chi connectivity index (χ3n) is 1.33. The molecule has 2 N–H and O–H groups in total. The summed E-state index contributed by atoms with van der Waals surface area (Å²) in [5, 5.41) is 0. The van der Waals surface area contributed by atoms with E-state index in [1.807, 2.05) is 0 Å². The molecule has 0 aliphatic heterocycles. The van der Waals surface area contributed by atoms with Crippen LogP contribution >= 0.6 is 0 Å². The molecule has 0 amide bonds. The van der Waals surface area contributed by atoms with Gasteiger partial charge in [0.15, 0.2) is 0 Å². The van der Waals surface area contributed by atoms with Gasteiger partial charge in [0, 0.05) is 11.6 Å². The SMILES string of the molecule is CC(N)c1ccc(F)nc1F. The molecule has 2 nitrogen and oxygen atoms in total. The van der Waals surface area contributed by atoms with Crippen molar-refractivity contribution in [3.05, 3.63) is 29.6 Å². The van der Waals surface area contributed by atoms with Crippen molar-refractivity contribution in [3.8, 4) is 0 Å². The number of rotatable bonds is 1. The maximum Gasteiger partial charge on any atom is 0.220 e. The van der Waals surface area contributed by atoms with Crippen LogP contribution < -0.4 is 5.73 Å². The lowest BCUT2D eigenvalue weighted by molar-refractivity contribution is 0.496. The van der Waals surface area contributed by atoms with E-state index < -0.39 is 17.9 Å². The van der Waals surface area contributed by atoms with Gasteiger partial charge in [-0.25, -0.2) is 0 Å². The third-order valence-corrected chi connectivity index (χ3v) is 1.33. The van der Waals surface area contributed by atoms with E-state index in [0.717, 1.165) is 6.07 Å². The predicted octanol–water partition coefficient (Wildman–Crippen LogP) is 1.38. The third kappa shape index (κ3) is 1.71. The van der Waals surface area contributed by atoms with Gasteiger partial charge in [-0.15, -0.1) is 0 Å². The summed E-state index contributed by atoms with van der Waals surface area (Å²) in [6.07, 6.45) is 0. The zero-order chi connectivity index (χ0) is 8.43. The highest BCUT2D eigenvalue weighted by Gasteiger charge is 2.07. The molecule has 0 bridgehead atoms. The first-order valence-corrected chi connectivity index (χ1v) is 3.19. The number of halogens is 2. The molecule has 0 aliphatic carbocycles. The van der Waals surface area contributed by atoms with Gasteiger partial charge in [-0.3, -0.25) is 0 Å². The Kier molecular flexibility index (Phi) is 2.14. The summed E-state index contributed by atoms with van der Waals surface area (Å²) in [4.78, 5) is 2.98. The molecule has 1 rings (SSSR count). The number of hydrogen-bond acceptors (Lipinski definition) is 2. The molecule has 0 spiro atoms. The van der Waals surface area contributed by atoms with Gasteiger partial charge >= 0.3 is 0 Å². The Bertz CT molecular complexity index is 261. The smallest absolute Gasteiger partial charge is 0.220 e. The van der Waals surface area contributed by atoms with Crippen LogP contribution in [0.1, 0.15) is 18.5 Å². The van der Waals surface area contributed by atoms with Gasteiger partial charge in [0.2, 0.25) is 11.9 Å². The fourth-order valence-electron chi connectivity index (χ4n) is 0.763. The number of nitrogens with zero attached hydrogens (tertiary/aromatic N) is 1. The van der Waals surface area contributed by atoms with Gasteiger partial charge in [-0.1, -0.05) is 0 Å². The minimum absolute atomic E-state index is 0.228. The van der Waals surface area contributed by atoms with Crippen molar-refractivity contribution in [3.63, 3.8) is 0 Å². The largest absolute Gasteiger partial charge is 0.324 e. The number of hydrogen-bond donors (Lipinski definition) is 1. The lowest BCUT2D eigenvalue weighted by atomic mass is 10.1. The Balaban J connectivity index is 3.09. The highest BCUT2D eigenvalue weighted by molar-refractivity contribution is 5.14. The number of nitrogens with two attached hydrogens (primary N) is 1. The van der Waals surface area contributed by atoms with E-state index in [0.29, 0.717) is 0 Å². The van der Waals surface area contributed by atoms with Gasteiger partial charge in [0.25, 0.3) is 0 Å². The van der Waals surface area contributed by atoms with E-state index >= 15 is 0 Å². The van der Waals surface area contributed by atoms with E-state index in [1.165, 1.54) is 6.07 Å². The predicted molar refractivity (Wildman–Crippen MR) is 36.8 cm³/mol. The topological polar surface area (TPSA) is 38.9 Å². The maximum absolute atomic E-state index is 12.7. The molecular formula is C7H8F2N2. The molecule has 0 aliphatic rings. The summed E-state index contributed by atoms with van der Waals surface area (Å²) in [5.41, 5.74) is 5.59.